The van der Waals surface area contributed by atoms with Crippen LogP contribution in [0.2, 0.25) is 0 Å². The van der Waals surface area contributed by atoms with E-state index in [2.05, 4.69) is 4.84 Å². The average Bonchev–Trinajstić information content (AvgIpc) is 2.05. The average molecular weight is 157 g/mol. The predicted octanol–water partition coefficient (Wildman–Crippen LogP) is 1.71. The highest BCUT2D eigenvalue weighted by molar-refractivity contribution is 6.23. The van der Waals surface area contributed by atoms with Gasteiger partial charge in [0.1, 0.15) is 0 Å². The molecule has 0 amide bonds. The molecule has 0 aliphatic rings. The van der Waals surface area contributed by atoms with E-state index in [1.165, 1.54) is 0 Å². The third kappa shape index (κ3) is 1.62. The second-order valence-corrected chi connectivity index (χ2v) is 2.18. The Morgan fingerprint density at radius 1 is 1.30 bits per heavy atom. The molecule has 0 aromatic heterocycles. The van der Waals surface area contributed by atoms with E-state index in [0.717, 1.165) is 11.3 Å². The molecular formula is C7H9ClN2. The van der Waals surface area contributed by atoms with Gasteiger partial charge in [0.25, 0.3) is 0 Å². The zero-order valence-electron chi connectivity index (χ0n) is 5.47. The molecule has 0 fully saturated rings. The molecule has 1 aromatic carbocycles. The van der Waals surface area contributed by atoms with Crippen molar-refractivity contribution >= 4 is 17.5 Å². The molecule has 0 saturated heterocycles. The smallest absolute Gasteiger partial charge is 0.0491 e. The third-order valence-corrected chi connectivity index (χ3v) is 1.52. The second-order valence-electron chi connectivity index (χ2n) is 2.00. The van der Waals surface area contributed by atoms with Crippen LogP contribution in [0, 0.1) is 0 Å². The molecule has 54 valence electrons. The molecule has 0 heterocycles. The Balaban J connectivity index is 2.80. The van der Waals surface area contributed by atoms with Gasteiger partial charge in [-0.25, -0.2) is 0 Å². The summed E-state index contributed by atoms with van der Waals surface area (Å²) in [6.07, 6.45) is 0. The lowest BCUT2D eigenvalue weighted by molar-refractivity contribution is 1.07. The Bertz CT molecular complexity index is 172. The number of anilines is 1. The molecule has 0 aliphatic heterocycles. The van der Waals surface area contributed by atoms with Crippen LogP contribution in [-0.4, -0.2) is 0 Å². The highest BCUT2D eigenvalue weighted by atomic mass is 35.5. The van der Waals surface area contributed by atoms with E-state index in [1.54, 1.807) is 0 Å². The van der Waals surface area contributed by atoms with E-state index in [9.17, 15) is 0 Å². The van der Waals surface area contributed by atoms with Crippen molar-refractivity contribution in [1.29, 1.82) is 0 Å². The lowest BCUT2D eigenvalue weighted by atomic mass is 10.2. The fraction of sp³-hybridized carbons (Fsp3) is 0.143. The summed E-state index contributed by atoms with van der Waals surface area (Å²) in [6, 6.07) is 7.64. The molecular weight excluding hydrogens is 148 g/mol. The Morgan fingerprint density at radius 3 is 2.30 bits per heavy atom. The van der Waals surface area contributed by atoms with Crippen molar-refractivity contribution in [3.8, 4) is 0 Å². The van der Waals surface area contributed by atoms with Crippen LogP contribution in [0.4, 0.5) is 5.69 Å². The van der Waals surface area contributed by atoms with Crippen molar-refractivity contribution in [3.63, 3.8) is 0 Å². The number of rotatable bonds is 2. The van der Waals surface area contributed by atoms with Gasteiger partial charge in [-0.05, 0) is 17.7 Å². The summed E-state index contributed by atoms with van der Waals surface area (Å²) >= 11 is 5.34. The molecule has 0 bridgehead atoms. The molecule has 3 heteroatoms. The normalized spacial score (nSPS) is 9.40. The van der Waals surface area contributed by atoms with Crippen molar-refractivity contribution in [3.05, 3.63) is 29.8 Å². The van der Waals surface area contributed by atoms with Crippen molar-refractivity contribution in [2.45, 2.75) is 6.54 Å². The zero-order valence-corrected chi connectivity index (χ0v) is 6.23. The Labute approximate surface area is 65.1 Å². The van der Waals surface area contributed by atoms with Gasteiger partial charge in [-0.2, -0.15) is 0 Å². The third-order valence-electron chi connectivity index (χ3n) is 1.30. The van der Waals surface area contributed by atoms with E-state index >= 15 is 0 Å². The van der Waals surface area contributed by atoms with E-state index in [4.69, 9.17) is 17.5 Å². The number of nitrogens with one attached hydrogen (secondary N) is 1. The maximum Gasteiger partial charge on any atom is 0.0491 e. The Hall–Kier alpha value is -0.730. The topological polar surface area (TPSA) is 38.0 Å². The van der Waals surface area contributed by atoms with E-state index in [-0.39, 0.29) is 0 Å². The maximum atomic E-state index is 5.39. The van der Waals surface area contributed by atoms with Gasteiger partial charge in [-0.15, -0.1) is 0 Å². The van der Waals surface area contributed by atoms with Gasteiger partial charge in [0.2, 0.25) is 0 Å². The van der Waals surface area contributed by atoms with Crippen molar-refractivity contribution in [2.24, 2.45) is 5.73 Å². The Kier molecular flexibility index (Phi) is 2.54. The van der Waals surface area contributed by atoms with Gasteiger partial charge in [0, 0.05) is 24.0 Å². The van der Waals surface area contributed by atoms with Crippen LogP contribution in [0.15, 0.2) is 24.3 Å². The summed E-state index contributed by atoms with van der Waals surface area (Å²) in [5.74, 6) is 0. The predicted molar refractivity (Wildman–Crippen MR) is 43.8 cm³/mol. The molecule has 2 nitrogen and oxygen atoms in total. The first-order valence-corrected chi connectivity index (χ1v) is 3.40. The summed E-state index contributed by atoms with van der Waals surface area (Å²) in [5.41, 5.74) is 7.38. The first kappa shape index (κ1) is 7.38. The van der Waals surface area contributed by atoms with Crippen LogP contribution in [0.3, 0.4) is 0 Å². The minimum absolute atomic E-state index is 0.572. The monoisotopic (exact) mass is 156 g/mol. The SMILES string of the molecule is NCc1ccc(NCl)cc1. The van der Waals surface area contributed by atoms with Gasteiger partial charge < -0.3 is 5.73 Å². The molecule has 0 radical (unpaired) electrons. The summed E-state index contributed by atoms with van der Waals surface area (Å²) in [7, 11) is 0. The summed E-state index contributed by atoms with van der Waals surface area (Å²) < 4.78 is 0. The lowest BCUT2D eigenvalue weighted by Crippen LogP contribution is -1.95. The molecule has 0 atom stereocenters. The highest BCUT2D eigenvalue weighted by Crippen LogP contribution is 2.08. The number of hydrogen-bond acceptors (Lipinski definition) is 2. The fourth-order valence-electron chi connectivity index (χ4n) is 0.704. The molecule has 0 spiro atoms. The summed E-state index contributed by atoms with van der Waals surface area (Å²) in [4.78, 5) is 2.51. The van der Waals surface area contributed by atoms with E-state index < -0.39 is 0 Å². The largest absolute Gasteiger partial charge is 0.326 e. The van der Waals surface area contributed by atoms with Gasteiger partial charge in [0.15, 0.2) is 0 Å². The number of hydrogen-bond donors (Lipinski definition) is 2. The second kappa shape index (κ2) is 3.44. The molecule has 3 N–H and O–H groups in total. The standard InChI is InChI=1S/C7H9ClN2/c8-10-7-3-1-6(5-9)2-4-7/h1-4,10H,5,9H2. The molecule has 0 unspecified atom stereocenters. The van der Waals surface area contributed by atoms with Gasteiger partial charge in [0.05, 0.1) is 0 Å². The molecule has 1 aromatic rings. The minimum Gasteiger partial charge on any atom is -0.326 e. The van der Waals surface area contributed by atoms with Gasteiger partial charge in [-0.1, -0.05) is 12.1 Å². The van der Waals surface area contributed by atoms with E-state index in [0.29, 0.717) is 6.54 Å². The molecule has 0 aliphatic carbocycles. The fourth-order valence-corrected chi connectivity index (χ4v) is 0.830. The summed E-state index contributed by atoms with van der Waals surface area (Å²) in [6.45, 7) is 0.572. The first-order valence-electron chi connectivity index (χ1n) is 3.02. The van der Waals surface area contributed by atoms with E-state index in [1.807, 2.05) is 24.3 Å². The quantitative estimate of drug-likeness (QED) is 0.640. The zero-order chi connectivity index (χ0) is 7.40. The minimum atomic E-state index is 0.572. The van der Waals surface area contributed by atoms with Crippen molar-refractivity contribution in [2.75, 3.05) is 4.84 Å². The molecule has 0 saturated carbocycles. The number of benzene rings is 1. The van der Waals surface area contributed by atoms with Crippen molar-refractivity contribution in [1.82, 2.24) is 0 Å². The van der Waals surface area contributed by atoms with Crippen LogP contribution >= 0.6 is 11.8 Å². The summed E-state index contributed by atoms with van der Waals surface area (Å²) in [5, 5.41) is 0. The highest BCUT2D eigenvalue weighted by Gasteiger charge is 1.88. The Morgan fingerprint density at radius 2 is 1.90 bits per heavy atom. The van der Waals surface area contributed by atoms with Crippen LogP contribution < -0.4 is 10.6 Å². The van der Waals surface area contributed by atoms with Crippen LogP contribution in [0.1, 0.15) is 5.56 Å². The van der Waals surface area contributed by atoms with Crippen LogP contribution in [0.25, 0.3) is 0 Å². The number of nitrogens with two attached hydrogens (primary N) is 1. The maximum absolute atomic E-state index is 5.39. The molecule has 1 rings (SSSR count). The number of halogens is 1. The lowest BCUT2D eigenvalue weighted by Gasteiger charge is -1.98. The van der Waals surface area contributed by atoms with Crippen LogP contribution in [-0.2, 0) is 6.54 Å². The van der Waals surface area contributed by atoms with Crippen LogP contribution in [0.5, 0.6) is 0 Å². The molecule has 10 heavy (non-hydrogen) atoms. The first-order chi connectivity index (χ1) is 4.86. The van der Waals surface area contributed by atoms with Crippen molar-refractivity contribution < 1.29 is 0 Å². The van der Waals surface area contributed by atoms with Gasteiger partial charge in [-0.3, -0.25) is 4.84 Å². The van der Waals surface area contributed by atoms with Gasteiger partial charge >= 0.3 is 0 Å².